The summed E-state index contributed by atoms with van der Waals surface area (Å²) in [6, 6.07) is 69.7. The molecule has 0 saturated carbocycles. The van der Waals surface area contributed by atoms with Crippen LogP contribution in [0.5, 0.6) is 0 Å². The van der Waals surface area contributed by atoms with E-state index in [-0.39, 0.29) is 0 Å². The van der Waals surface area contributed by atoms with E-state index in [0.29, 0.717) is 16.8 Å². The van der Waals surface area contributed by atoms with E-state index in [2.05, 4.69) is 178 Å². The number of anilines is 3. The lowest BCUT2D eigenvalue weighted by atomic mass is 9.97. The first kappa shape index (κ1) is 31.8. The van der Waals surface area contributed by atoms with Crippen molar-refractivity contribution in [3.63, 3.8) is 0 Å². The zero-order valence-electron chi connectivity index (χ0n) is 29.6. The van der Waals surface area contributed by atoms with Gasteiger partial charge in [-0.15, -0.1) is 0 Å². The Hall–Kier alpha value is -7.86. The first-order chi connectivity index (χ1) is 27.2. The summed E-state index contributed by atoms with van der Waals surface area (Å²) in [5.41, 5.74) is 12.0. The second kappa shape index (κ2) is 13.0. The Bertz CT molecular complexity index is 3120. The zero-order chi connectivity index (χ0) is 36.9. The van der Waals surface area contributed by atoms with Gasteiger partial charge in [-0.1, -0.05) is 97.1 Å². The van der Waals surface area contributed by atoms with E-state index in [4.69, 9.17) is 0 Å². The lowest BCUT2D eigenvalue weighted by molar-refractivity contribution is 1.16. The number of aromatic nitrogens is 2. The molecule has 0 saturated heterocycles. The molecule has 5 nitrogen and oxygen atoms in total. The minimum Gasteiger partial charge on any atom is -0.310 e. The summed E-state index contributed by atoms with van der Waals surface area (Å²) >= 11 is 0. The molecular weight excluding hydrogens is 671 g/mol. The van der Waals surface area contributed by atoms with Crippen LogP contribution in [0.1, 0.15) is 11.1 Å². The molecule has 0 fully saturated rings. The molecule has 0 aliphatic rings. The SMILES string of the molecule is N#Cc1cccc(-n2c3ccc(N(c4ccccc4)c4ccccc4)cc3c3c(-c4ccc5c(c4)c4ccccc4n5-c4ccccc4)cccc32)c1C#N. The molecule has 0 aliphatic heterocycles. The Balaban J connectivity index is 1.28. The van der Waals surface area contributed by atoms with Crippen LogP contribution in [-0.2, 0) is 0 Å². The van der Waals surface area contributed by atoms with E-state index in [1.807, 2.05) is 30.3 Å². The lowest BCUT2D eigenvalue weighted by Crippen LogP contribution is -2.09. The number of fused-ring (bicyclic) bond motifs is 6. The van der Waals surface area contributed by atoms with Gasteiger partial charge in [-0.05, 0) is 102 Å². The van der Waals surface area contributed by atoms with E-state index in [1.165, 1.54) is 10.8 Å². The van der Waals surface area contributed by atoms with Crippen molar-refractivity contribution in [3.05, 3.63) is 199 Å². The Labute approximate surface area is 318 Å². The molecule has 0 spiro atoms. The second-order valence-corrected chi connectivity index (χ2v) is 13.6. The van der Waals surface area contributed by atoms with Crippen molar-refractivity contribution in [1.29, 1.82) is 10.5 Å². The van der Waals surface area contributed by atoms with E-state index in [0.717, 1.165) is 66.7 Å². The molecule has 0 aliphatic carbocycles. The number of nitriles is 2. The van der Waals surface area contributed by atoms with E-state index in [9.17, 15) is 10.5 Å². The molecule has 0 atom stereocenters. The molecular formula is C50H31N5. The molecule has 55 heavy (non-hydrogen) atoms. The van der Waals surface area contributed by atoms with Gasteiger partial charge in [0, 0.05) is 44.3 Å². The van der Waals surface area contributed by atoms with Gasteiger partial charge in [0.15, 0.2) is 0 Å². The topological polar surface area (TPSA) is 60.7 Å². The van der Waals surface area contributed by atoms with Crippen LogP contribution < -0.4 is 4.90 Å². The van der Waals surface area contributed by atoms with Crippen LogP contribution in [0.2, 0.25) is 0 Å². The first-order valence-electron chi connectivity index (χ1n) is 18.2. The summed E-state index contributed by atoms with van der Waals surface area (Å²) in [6.07, 6.45) is 0. The molecule has 0 amide bonds. The molecule has 5 heteroatoms. The summed E-state index contributed by atoms with van der Waals surface area (Å²) in [7, 11) is 0. The third kappa shape index (κ3) is 5.07. The molecule has 2 aromatic heterocycles. The van der Waals surface area contributed by atoms with Crippen LogP contribution in [0.15, 0.2) is 188 Å². The Kier molecular flexibility index (Phi) is 7.51. The average Bonchev–Trinajstić information content (AvgIpc) is 3.77. The number of hydrogen-bond donors (Lipinski definition) is 0. The predicted octanol–water partition coefficient (Wildman–Crippen LogP) is 12.8. The molecule has 0 bridgehead atoms. The highest BCUT2D eigenvalue weighted by atomic mass is 15.1. The summed E-state index contributed by atoms with van der Waals surface area (Å²) in [5, 5.41) is 24.9. The summed E-state index contributed by atoms with van der Waals surface area (Å²) < 4.78 is 4.48. The summed E-state index contributed by atoms with van der Waals surface area (Å²) in [4.78, 5) is 2.27. The average molecular weight is 702 g/mol. The van der Waals surface area contributed by atoms with Crippen LogP contribution in [-0.4, -0.2) is 9.13 Å². The quantitative estimate of drug-likeness (QED) is 0.173. The molecule has 0 unspecified atom stereocenters. The van der Waals surface area contributed by atoms with E-state index >= 15 is 0 Å². The molecule has 10 rings (SSSR count). The van der Waals surface area contributed by atoms with E-state index in [1.54, 1.807) is 6.07 Å². The Morgan fingerprint density at radius 2 is 1.04 bits per heavy atom. The first-order valence-corrected chi connectivity index (χ1v) is 18.2. The molecule has 2 heterocycles. The third-order valence-electron chi connectivity index (χ3n) is 10.6. The van der Waals surface area contributed by atoms with Crippen LogP contribution in [0.4, 0.5) is 17.1 Å². The van der Waals surface area contributed by atoms with Gasteiger partial charge in [0.25, 0.3) is 0 Å². The van der Waals surface area contributed by atoms with Crippen molar-refractivity contribution in [2.45, 2.75) is 0 Å². The number of hydrogen-bond acceptors (Lipinski definition) is 3. The maximum Gasteiger partial charge on any atom is 0.103 e. The van der Waals surface area contributed by atoms with Gasteiger partial charge in [0.2, 0.25) is 0 Å². The van der Waals surface area contributed by atoms with Crippen LogP contribution in [0, 0.1) is 22.7 Å². The minimum absolute atomic E-state index is 0.349. The standard InChI is InChI=1S/C50H31N5/c51-32-35-14-12-24-46(44(35)33-52)55-48-29-27-39(53(36-15-4-1-5-16-36)37-17-6-2-7-18-37)31-43(48)50-40(22-13-25-49(50)55)34-26-28-47-42(30-34)41-21-10-11-23-45(41)54(47)38-19-8-3-9-20-38/h1-31H. The van der Waals surface area contributed by atoms with Gasteiger partial charge in [-0.25, -0.2) is 0 Å². The van der Waals surface area contributed by atoms with Crippen molar-refractivity contribution < 1.29 is 0 Å². The normalized spacial score (nSPS) is 11.2. The smallest absolute Gasteiger partial charge is 0.103 e. The maximum absolute atomic E-state index is 10.4. The zero-order valence-corrected chi connectivity index (χ0v) is 29.6. The largest absolute Gasteiger partial charge is 0.310 e. The maximum atomic E-state index is 10.4. The van der Waals surface area contributed by atoms with Crippen molar-refractivity contribution in [1.82, 2.24) is 9.13 Å². The highest BCUT2D eigenvalue weighted by molar-refractivity contribution is 6.18. The van der Waals surface area contributed by atoms with E-state index < -0.39 is 0 Å². The van der Waals surface area contributed by atoms with Gasteiger partial charge < -0.3 is 14.0 Å². The fourth-order valence-electron chi connectivity index (χ4n) is 8.23. The van der Waals surface area contributed by atoms with Crippen molar-refractivity contribution >= 4 is 60.7 Å². The van der Waals surface area contributed by atoms with Crippen molar-refractivity contribution in [2.24, 2.45) is 0 Å². The number of benzene rings is 8. The van der Waals surface area contributed by atoms with Gasteiger partial charge in [0.1, 0.15) is 12.1 Å². The van der Waals surface area contributed by atoms with Gasteiger partial charge in [-0.2, -0.15) is 10.5 Å². The van der Waals surface area contributed by atoms with Gasteiger partial charge >= 0.3 is 0 Å². The van der Waals surface area contributed by atoms with Gasteiger partial charge in [-0.3, -0.25) is 0 Å². The predicted molar refractivity (Wildman–Crippen MR) is 225 cm³/mol. The molecule has 256 valence electrons. The Morgan fingerprint density at radius 1 is 0.418 bits per heavy atom. The summed E-state index contributed by atoms with van der Waals surface area (Å²) in [6.45, 7) is 0. The van der Waals surface area contributed by atoms with Crippen molar-refractivity contribution in [2.75, 3.05) is 4.90 Å². The highest BCUT2D eigenvalue weighted by Crippen LogP contribution is 2.44. The van der Waals surface area contributed by atoms with Crippen molar-refractivity contribution in [3.8, 4) is 34.6 Å². The minimum atomic E-state index is 0.349. The number of nitrogens with zero attached hydrogens (tertiary/aromatic N) is 5. The van der Waals surface area contributed by atoms with Gasteiger partial charge in [0.05, 0.1) is 38.9 Å². The lowest BCUT2D eigenvalue weighted by Gasteiger charge is -2.25. The number of rotatable bonds is 6. The number of para-hydroxylation sites is 4. The molecule has 8 aromatic carbocycles. The van der Waals surface area contributed by atoms with Crippen LogP contribution in [0.25, 0.3) is 66.1 Å². The molecule has 10 aromatic rings. The Morgan fingerprint density at radius 3 is 1.76 bits per heavy atom. The van der Waals surface area contributed by atoms with Crippen LogP contribution in [0.3, 0.4) is 0 Å². The third-order valence-corrected chi connectivity index (χ3v) is 10.6. The fraction of sp³-hybridized carbons (Fsp3) is 0. The molecule has 0 radical (unpaired) electrons. The fourth-order valence-corrected chi connectivity index (χ4v) is 8.23. The monoisotopic (exact) mass is 701 g/mol. The van der Waals surface area contributed by atoms with Crippen LogP contribution >= 0.6 is 0 Å². The molecule has 0 N–H and O–H groups in total. The summed E-state index contributed by atoms with van der Waals surface area (Å²) in [5.74, 6) is 0. The second-order valence-electron chi connectivity index (χ2n) is 13.6. The highest BCUT2D eigenvalue weighted by Gasteiger charge is 2.22.